The first-order valence-corrected chi connectivity index (χ1v) is 40.0. The predicted molar refractivity (Wildman–Crippen MR) is 363 cm³/mol. The molecule has 0 aliphatic rings. The van der Waals surface area contributed by atoms with Crippen LogP contribution in [0.4, 0.5) is 0 Å². The molecule has 17 nitrogen and oxygen atoms in total. The van der Waals surface area contributed by atoms with E-state index in [0.29, 0.717) is 25.7 Å². The molecule has 534 valence electrons. The van der Waals surface area contributed by atoms with Crippen molar-refractivity contribution < 1.29 is 80.2 Å². The van der Waals surface area contributed by atoms with E-state index in [2.05, 4.69) is 41.5 Å². The molecule has 0 aromatic rings. The number of hydrogen-bond acceptors (Lipinski definition) is 15. The van der Waals surface area contributed by atoms with E-state index in [1.807, 2.05) is 0 Å². The summed E-state index contributed by atoms with van der Waals surface area (Å²) in [6, 6.07) is 0. The van der Waals surface area contributed by atoms with Crippen molar-refractivity contribution in [2.75, 3.05) is 39.6 Å². The Morgan fingerprint density at radius 2 is 0.567 bits per heavy atom. The number of aliphatic hydroxyl groups excluding tert-OH is 1. The van der Waals surface area contributed by atoms with Gasteiger partial charge in [0.15, 0.2) is 12.2 Å². The number of carbonyl (C=O) groups excluding carboxylic acids is 4. The molecular formula is C71H138O17P2. The highest BCUT2D eigenvalue weighted by molar-refractivity contribution is 7.47. The first kappa shape index (κ1) is 88.1. The summed E-state index contributed by atoms with van der Waals surface area (Å²) in [4.78, 5) is 72.5. The molecule has 0 saturated carbocycles. The number of phosphoric acid groups is 2. The number of ether oxygens (including phenoxy) is 4. The minimum absolute atomic E-state index is 0.105. The van der Waals surface area contributed by atoms with Crippen LogP contribution in [0.3, 0.4) is 0 Å². The molecule has 0 radical (unpaired) electrons. The zero-order chi connectivity index (χ0) is 66.5. The van der Waals surface area contributed by atoms with E-state index in [1.165, 1.54) is 167 Å². The van der Waals surface area contributed by atoms with Gasteiger partial charge in [-0.15, -0.1) is 0 Å². The molecule has 0 amide bonds. The van der Waals surface area contributed by atoms with Gasteiger partial charge in [-0.1, -0.05) is 311 Å². The first-order chi connectivity index (χ1) is 43.4. The minimum Gasteiger partial charge on any atom is -0.462 e. The number of unbranched alkanes of at least 4 members (excludes halogenated alkanes) is 39. The van der Waals surface area contributed by atoms with Crippen LogP contribution in [0.25, 0.3) is 0 Å². The largest absolute Gasteiger partial charge is 0.472 e. The summed E-state index contributed by atoms with van der Waals surface area (Å²) in [5, 5.41) is 10.6. The second kappa shape index (κ2) is 63.1. The summed E-state index contributed by atoms with van der Waals surface area (Å²) in [5.74, 6) is -0.562. The zero-order valence-electron chi connectivity index (χ0n) is 58.4. The van der Waals surface area contributed by atoms with Gasteiger partial charge in [0, 0.05) is 25.7 Å². The summed E-state index contributed by atoms with van der Waals surface area (Å²) in [6.45, 7) is 9.54. The van der Waals surface area contributed by atoms with Crippen molar-refractivity contribution in [2.24, 2.45) is 11.8 Å². The van der Waals surface area contributed by atoms with Crippen LogP contribution in [-0.2, 0) is 65.4 Å². The van der Waals surface area contributed by atoms with Crippen molar-refractivity contribution in [3.05, 3.63) is 0 Å². The molecule has 0 aliphatic carbocycles. The molecule has 90 heavy (non-hydrogen) atoms. The number of carbonyl (C=O) groups is 4. The van der Waals surface area contributed by atoms with E-state index < -0.39 is 97.5 Å². The van der Waals surface area contributed by atoms with Gasteiger partial charge in [0.05, 0.1) is 26.4 Å². The fourth-order valence-corrected chi connectivity index (χ4v) is 12.3. The third-order valence-corrected chi connectivity index (χ3v) is 18.7. The van der Waals surface area contributed by atoms with Crippen LogP contribution < -0.4 is 0 Å². The van der Waals surface area contributed by atoms with E-state index in [1.54, 1.807) is 0 Å². The van der Waals surface area contributed by atoms with E-state index in [9.17, 15) is 43.2 Å². The van der Waals surface area contributed by atoms with Crippen LogP contribution in [0.5, 0.6) is 0 Å². The van der Waals surface area contributed by atoms with E-state index in [0.717, 1.165) is 115 Å². The monoisotopic (exact) mass is 1320 g/mol. The van der Waals surface area contributed by atoms with Crippen molar-refractivity contribution in [1.82, 2.24) is 0 Å². The van der Waals surface area contributed by atoms with Gasteiger partial charge < -0.3 is 33.8 Å². The fraction of sp³-hybridized carbons (Fsp3) is 0.944. The lowest BCUT2D eigenvalue weighted by atomic mass is 9.99. The number of phosphoric ester groups is 2. The molecular weight excluding hydrogens is 1190 g/mol. The lowest BCUT2D eigenvalue weighted by Crippen LogP contribution is -2.30. The van der Waals surface area contributed by atoms with Crippen molar-refractivity contribution in [2.45, 2.75) is 381 Å². The Morgan fingerprint density at radius 3 is 0.844 bits per heavy atom. The SMILES string of the molecule is CCCCCCCCCCCCCCCCC(=O)OC[C@H](COP(=O)(O)OC[C@@H](O)COP(=O)(O)OC[C@@H](COC(=O)CCCCCCCCC)OC(=O)CCCCCCCCCCC(C)CC)OC(=O)CCCCCCCCCCCCCCCCC(C)C. The number of aliphatic hydroxyl groups is 1. The summed E-state index contributed by atoms with van der Waals surface area (Å²) in [7, 11) is -9.90. The maximum Gasteiger partial charge on any atom is 0.472 e. The van der Waals surface area contributed by atoms with Gasteiger partial charge in [-0.05, 0) is 37.5 Å². The molecule has 0 fully saturated rings. The van der Waals surface area contributed by atoms with Gasteiger partial charge in [-0.3, -0.25) is 37.3 Å². The highest BCUT2D eigenvalue weighted by atomic mass is 31.2. The molecule has 0 rings (SSSR count). The summed E-state index contributed by atoms with van der Waals surface area (Å²) in [6.07, 6.45) is 48.6. The maximum atomic E-state index is 13.0. The van der Waals surface area contributed by atoms with Crippen LogP contribution in [0.2, 0.25) is 0 Å². The van der Waals surface area contributed by atoms with E-state index >= 15 is 0 Å². The smallest absolute Gasteiger partial charge is 0.462 e. The third kappa shape index (κ3) is 63.5. The van der Waals surface area contributed by atoms with Crippen molar-refractivity contribution >= 4 is 39.5 Å². The van der Waals surface area contributed by atoms with Gasteiger partial charge in [-0.2, -0.15) is 0 Å². The zero-order valence-corrected chi connectivity index (χ0v) is 60.2. The lowest BCUT2D eigenvalue weighted by Gasteiger charge is -2.21. The second-order valence-corrected chi connectivity index (χ2v) is 29.3. The quantitative estimate of drug-likeness (QED) is 0.0222. The molecule has 0 spiro atoms. The number of rotatable bonds is 70. The Morgan fingerprint density at radius 1 is 0.322 bits per heavy atom. The lowest BCUT2D eigenvalue weighted by molar-refractivity contribution is -0.161. The van der Waals surface area contributed by atoms with Crippen LogP contribution in [0, 0.1) is 11.8 Å². The van der Waals surface area contributed by atoms with Gasteiger partial charge >= 0.3 is 39.5 Å². The summed E-state index contributed by atoms with van der Waals surface area (Å²) < 4.78 is 68.2. The Kier molecular flexibility index (Phi) is 61.8. The Bertz CT molecular complexity index is 1750. The van der Waals surface area contributed by atoms with Gasteiger partial charge in [0.1, 0.15) is 19.3 Å². The molecule has 6 atom stereocenters. The minimum atomic E-state index is -4.95. The van der Waals surface area contributed by atoms with Crippen molar-refractivity contribution in [3.63, 3.8) is 0 Å². The van der Waals surface area contributed by atoms with Crippen molar-refractivity contribution in [3.8, 4) is 0 Å². The Balaban J connectivity index is 5.21. The summed E-state index contributed by atoms with van der Waals surface area (Å²) in [5.41, 5.74) is 0. The van der Waals surface area contributed by atoms with Crippen LogP contribution in [0.15, 0.2) is 0 Å². The molecule has 3 unspecified atom stereocenters. The Labute approximate surface area is 549 Å². The summed E-state index contributed by atoms with van der Waals surface area (Å²) >= 11 is 0. The van der Waals surface area contributed by atoms with Crippen LogP contribution >= 0.6 is 15.6 Å². The van der Waals surface area contributed by atoms with E-state index in [4.69, 9.17) is 37.0 Å². The molecule has 0 bridgehead atoms. The molecule has 19 heteroatoms. The molecule has 0 saturated heterocycles. The van der Waals surface area contributed by atoms with Crippen molar-refractivity contribution in [1.29, 1.82) is 0 Å². The van der Waals surface area contributed by atoms with Gasteiger partial charge in [-0.25, -0.2) is 9.13 Å². The van der Waals surface area contributed by atoms with E-state index in [-0.39, 0.29) is 25.7 Å². The maximum absolute atomic E-state index is 13.0. The standard InChI is InChI=1S/C71H138O17P2/c1-7-10-12-14-16-17-18-19-23-26-29-36-42-48-54-69(74)82-60-67(87-70(75)55-49-43-37-30-27-24-21-20-22-25-28-34-39-45-51-63(4)5)62-86-90(79,80)84-58-65(72)57-83-89(77,78)85-61-66(59-81-68(73)53-47-41-33-15-13-11-8-2)88-71(76)56-50-44-38-32-31-35-40-46-52-64(6)9-3/h63-67,72H,7-62H2,1-6H3,(H,77,78)(H,79,80)/t64?,65-,66+,67+/m0/s1. The average Bonchev–Trinajstić information content (AvgIpc) is 2.96. The third-order valence-electron chi connectivity index (χ3n) is 16.8. The topological polar surface area (TPSA) is 237 Å². The predicted octanol–water partition coefficient (Wildman–Crippen LogP) is 20.4. The Hall–Kier alpha value is -1.94. The highest BCUT2D eigenvalue weighted by Crippen LogP contribution is 2.45. The molecule has 0 heterocycles. The molecule has 3 N–H and O–H groups in total. The van der Waals surface area contributed by atoms with Crippen LogP contribution in [0.1, 0.15) is 363 Å². The van der Waals surface area contributed by atoms with Gasteiger partial charge in [0.25, 0.3) is 0 Å². The fourth-order valence-electron chi connectivity index (χ4n) is 10.7. The van der Waals surface area contributed by atoms with Crippen LogP contribution in [-0.4, -0.2) is 96.7 Å². The second-order valence-electron chi connectivity index (χ2n) is 26.3. The van der Waals surface area contributed by atoms with Gasteiger partial charge in [0.2, 0.25) is 0 Å². The molecule has 0 aliphatic heterocycles. The normalized spacial score (nSPS) is 14.4. The number of hydrogen-bond donors (Lipinski definition) is 3. The average molecular weight is 1330 g/mol. The number of esters is 4. The molecule has 0 aromatic carbocycles. The molecule has 0 aromatic heterocycles. The first-order valence-electron chi connectivity index (χ1n) is 37.0. The highest BCUT2D eigenvalue weighted by Gasteiger charge is 2.30.